The fourth-order valence-electron chi connectivity index (χ4n) is 3.66. The van der Waals surface area contributed by atoms with Crippen LogP contribution in [0.3, 0.4) is 0 Å². The molecular weight excluding hydrogens is 394 g/mol. The van der Waals surface area contributed by atoms with Gasteiger partial charge in [0.15, 0.2) is 5.78 Å². The van der Waals surface area contributed by atoms with Crippen molar-refractivity contribution in [2.45, 2.75) is 6.42 Å². The molecule has 0 saturated carbocycles. The number of hydrogen-bond acceptors (Lipinski definition) is 8. The lowest BCUT2D eigenvalue weighted by atomic mass is 10.1. The molecule has 9 heteroatoms. The molecule has 0 atom stereocenters. The van der Waals surface area contributed by atoms with Crippen LogP contribution in [0.4, 0.5) is 6.01 Å². The Balaban J connectivity index is 1.33. The average molecular weight is 417 g/mol. The molecule has 0 amide bonds. The molecule has 5 rings (SSSR count). The molecule has 1 saturated heterocycles. The third-order valence-electron chi connectivity index (χ3n) is 5.52. The Labute approximate surface area is 179 Å². The smallest absolute Gasteiger partial charge is 0.297 e. The van der Waals surface area contributed by atoms with E-state index in [1.54, 1.807) is 17.1 Å². The van der Waals surface area contributed by atoms with Crippen LogP contribution in [0.15, 0.2) is 47.5 Å². The van der Waals surface area contributed by atoms with Gasteiger partial charge in [-0.15, -0.1) is 0 Å². The molecule has 0 radical (unpaired) electrons. The molecule has 0 spiro atoms. The fourth-order valence-corrected chi connectivity index (χ4v) is 3.66. The molecule has 0 unspecified atom stereocenters. The van der Waals surface area contributed by atoms with Crippen LogP contribution in [0.1, 0.15) is 16.2 Å². The van der Waals surface area contributed by atoms with Crippen molar-refractivity contribution in [3.8, 4) is 11.3 Å². The molecule has 4 aromatic heterocycles. The Morgan fingerprint density at radius 1 is 1.10 bits per heavy atom. The van der Waals surface area contributed by atoms with E-state index in [1.165, 1.54) is 6.26 Å². The van der Waals surface area contributed by atoms with Crippen LogP contribution in [0, 0.1) is 0 Å². The first kappa shape index (κ1) is 19.4. The predicted molar refractivity (Wildman–Crippen MR) is 116 cm³/mol. The van der Waals surface area contributed by atoms with Gasteiger partial charge in [0.25, 0.3) is 6.01 Å². The standard InChI is InChI=1S/C22H23N7O2/c1-27-5-7-29(8-6-27)22-26-20(14-31-22)21(30)10-17-9-19-15(11-23-17)3-4-18(25-19)16-12-24-28(2)13-16/h3-4,9,11-14H,5-8,10H2,1-2H3. The van der Waals surface area contributed by atoms with Gasteiger partial charge in [-0.3, -0.25) is 14.5 Å². The van der Waals surface area contributed by atoms with Crippen LogP contribution in [-0.2, 0) is 13.5 Å². The van der Waals surface area contributed by atoms with Crippen LogP contribution in [0.2, 0.25) is 0 Å². The van der Waals surface area contributed by atoms with Gasteiger partial charge in [0, 0.05) is 56.6 Å². The molecule has 1 aliphatic heterocycles. The van der Waals surface area contributed by atoms with Crippen molar-refractivity contribution in [1.82, 2.24) is 29.6 Å². The van der Waals surface area contributed by atoms with Gasteiger partial charge in [-0.2, -0.15) is 10.1 Å². The van der Waals surface area contributed by atoms with Crippen molar-refractivity contribution in [3.05, 3.63) is 54.4 Å². The normalized spacial score (nSPS) is 15.0. The van der Waals surface area contributed by atoms with Crippen LogP contribution in [0.25, 0.3) is 22.2 Å². The quantitative estimate of drug-likeness (QED) is 0.456. The van der Waals surface area contributed by atoms with Crippen LogP contribution >= 0.6 is 0 Å². The molecule has 9 nitrogen and oxygen atoms in total. The van der Waals surface area contributed by atoms with Crippen molar-refractivity contribution < 1.29 is 9.21 Å². The van der Waals surface area contributed by atoms with E-state index in [0.29, 0.717) is 17.4 Å². The second kappa shape index (κ2) is 7.92. The number of oxazole rings is 1. The number of Topliss-reactive ketones (excluding diaryl/α,β-unsaturated/α-hetero) is 1. The van der Waals surface area contributed by atoms with Gasteiger partial charge in [-0.05, 0) is 25.2 Å². The highest BCUT2D eigenvalue weighted by Gasteiger charge is 2.21. The van der Waals surface area contributed by atoms with Gasteiger partial charge in [-0.1, -0.05) is 0 Å². The maximum atomic E-state index is 12.8. The Kier molecular flexibility index (Phi) is 4.95. The van der Waals surface area contributed by atoms with E-state index in [1.807, 2.05) is 31.4 Å². The Hall–Kier alpha value is -3.59. The SMILES string of the molecule is CN1CCN(c2nc(C(=O)Cc3cc4nc(-c5cnn(C)c5)ccc4cn3)co2)CC1. The minimum absolute atomic E-state index is 0.126. The molecule has 4 aromatic rings. The molecule has 0 aliphatic carbocycles. The van der Waals surface area contributed by atoms with Crippen molar-refractivity contribution in [2.75, 3.05) is 38.1 Å². The van der Waals surface area contributed by atoms with E-state index >= 15 is 0 Å². The molecule has 1 fully saturated rings. The van der Waals surface area contributed by atoms with Crippen LogP contribution < -0.4 is 4.90 Å². The number of piperazine rings is 1. The van der Waals surface area contributed by atoms with Gasteiger partial charge in [0.2, 0.25) is 0 Å². The van der Waals surface area contributed by atoms with E-state index in [9.17, 15) is 4.79 Å². The summed E-state index contributed by atoms with van der Waals surface area (Å²) in [5.74, 6) is -0.126. The van der Waals surface area contributed by atoms with Crippen LogP contribution in [0.5, 0.6) is 0 Å². The zero-order chi connectivity index (χ0) is 21.4. The van der Waals surface area contributed by atoms with E-state index in [2.05, 4.69) is 31.9 Å². The number of aryl methyl sites for hydroxylation is 1. The Bertz CT molecular complexity index is 1240. The molecule has 158 valence electrons. The monoisotopic (exact) mass is 417 g/mol. The number of rotatable bonds is 5. The lowest BCUT2D eigenvalue weighted by Crippen LogP contribution is -2.44. The Morgan fingerprint density at radius 2 is 1.94 bits per heavy atom. The molecule has 0 N–H and O–H groups in total. The second-order valence-electron chi connectivity index (χ2n) is 7.87. The van der Waals surface area contributed by atoms with E-state index in [-0.39, 0.29) is 12.2 Å². The topological polar surface area (TPSA) is 93.2 Å². The molecule has 0 aromatic carbocycles. The van der Waals surface area contributed by atoms with Gasteiger partial charge in [0.1, 0.15) is 12.0 Å². The van der Waals surface area contributed by atoms with E-state index in [0.717, 1.165) is 48.3 Å². The van der Waals surface area contributed by atoms with Gasteiger partial charge in [-0.25, -0.2) is 4.98 Å². The third kappa shape index (κ3) is 4.04. The summed E-state index contributed by atoms with van der Waals surface area (Å²) < 4.78 is 7.31. The number of ketones is 1. The maximum Gasteiger partial charge on any atom is 0.297 e. The highest BCUT2D eigenvalue weighted by Crippen LogP contribution is 2.21. The zero-order valence-electron chi connectivity index (χ0n) is 17.5. The molecular formula is C22H23N7O2. The highest BCUT2D eigenvalue weighted by molar-refractivity contribution is 5.96. The number of hydrogen-bond donors (Lipinski definition) is 0. The van der Waals surface area contributed by atoms with E-state index in [4.69, 9.17) is 9.40 Å². The second-order valence-corrected chi connectivity index (χ2v) is 7.87. The minimum Gasteiger partial charge on any atom is -0.431 e. The summed E-state index contributed by atoms with van der Waals surface area (Å²) in [6.07, 6.45) is 7.03. The van der Waals surface area contributed by atoms with Gasteiger partial charge in [0.05, 0.1) is 29.5 Å². The summed E-state index contributed by atoms with van der Waals surface area (Å²) in [5, 5.41) is 5.12. The summed E-state index contributed by atoms with van der Waals surface area (Å²) >= 11 is 0. The molecule has 31 heavy (non-hydrogen) atoms. The maximum absolute atomic E-state index is 12.8. The predicted octanol–water partition coefficient (Wildman–Crippen LogP) is 2.20. The lowest BCUT2D eigenvalue weighted by Gasteiger charge is -2.31. The van der Waals surface area contributed by atoms with Crippen LogP contribution in [-0.4, -0.2) is 68.6 Å². The van der Waals surface area contributed by atoms with Crippen molar-refractivity contribution in [2.24, 2.45) is 7.05 Å². The zero-order valence-corrected chi connectivity index (χ0v) is 17.5. The first-order valence-corrected chi connectivity index (χ1v) is 10.2. The largest absolute Gasteiger partial charge is 0.431 e. The van der Waals surface area contributed by atoms with Crippen molar-refractivity contribution in [3.63, 3.8) is 0 Å². The number of aromatic nitrogens is 5. The number of nitrogens with zero attached hydrogens (tertiary/aromatic N) is 7. The summed E-state index contributed by atoms with van der Waals surface area (Å²) in [7, 11) is 3.96. The van der Waals surface area contributed by atoms with Gasteiger partial charge < -0.3 is 14.2 Å². The Morgan fingerprint density at radius 3 is 2.71 bits per heavy atom. The van der Waals surface area contributed by atoms with E-state index < -0.39 is 0 Å². The third-order valence-corrected chi connectivity index (χ3v) is 5.52. The van der Waals surface area contributed by atoms with Crippen molar-refractivity contribution in [1.29, 1.82) is 0 Å². The molecule has 5 heterocycles. The summed E-state index contributed by atoms with van der Waals surface area (Å²) in [5.41, 5.74) is 3.54. The minimum atomic E-state index is -0.126. The number of likely N-dealkylation sites (N-methyl/N-ethyl adjacent to an activating group) is 1. The number of anilines is 1. The molecule has 1 aliphatic rings. The highest BCUT2D eigenvalue weighted by atomic mass is 16.4. The number of carbonyl (C=O) groups is 1. The summed E-state index contributed by atoms with van der Waals surface area (Å²) in [6, 6.07) is 6.28. The average Bonchev–Trinajstić information content (AvgIpc) is 3.43. The van der Waals surface area contributed by atoms with Crippen molar-refractivity contribution >= 4 is 22.7 Å². The summed E-state index contributed by atoms with van der Waals surface area (Å²) in [6.45, 7) is 3.56. The first-order valence-electron chi connectivity index (χ1n) is 10.2. The number of carbonyl (C=O) groups excluding carboxylic acids is 1. The molecule has 0 bridgehead atoms. The lowest BCUT2D eigenvalue weighted by molar-refractivity contribution is 0.0987. The number of pyridine rings is 2. The summed E-state index contributed by atoms with van der Waals surface area (Å²) in [4.78, 5) is 30.7. The van der Waals surface area contributed by atoms with Gasteiger partial charge >= 0.3 is 0 Å². The fraction of sp³-hybridized carbons (Fsp3) is 0.318. The first-order chi connectivity index (χ1) is 15.0. The number of fused-ring (bicyclic) bond motifs is 1.